The summed E-state index contributed by atoms with van der Waals surface area (Å²) < 4.78 is 64.6. The number of rotatable bonds is 5. The monoisotopic (exact) mass is 442 g/mol. The minimum absolute atomic E-state index is 0.192. The highest BCUT2D eigenvalue weighted by Crippen LogP contribution is 2.28. The van der Waals surface area contributed by atoms with Gasteiger partial charge in [0.1, 0.15) is 4.21 Å². The second-order valence-corrected chi connectivity index (χ2v) is 9.34. The van der Waals surface area contributed by atoms with Crippen LogP contribution in [0.5, 0.6) is 0 Å². The van der Waals surface area contributed by atoms with Crippen LogP contribution in [0.1, 0.15) is 6.42 Å². The number of carboxylic acid groups (broad SMARTS) is 1. The highest BCUT2D eigenvalue weighted by molar-refractivity contribution is 7.91. The van der Waals surface area contributed by atoms with Gasteiger partial charge in [0.15, 0.2) is 0 Å². The maximum Gasteiger partial charge on any atom is 0.490 e. The fourth-order valence-electron chi connectivity index (χ4n) is 3.05. The van der Waals surface area contributed by atoms with Crippen LogP contribution in [0.4, 0.5) is 13.2 Å². The van der Waals surface area contributed by atoms with Crippen LogP contribution in [0, 0.1) is 0 Å². The molecule has 0 radical (unpaired) electrons. The summed E-state index contributed by atoms with van der Waals surface area (Å²) in [5, 5.41) is 8.93. The van der Waals surface area contributed by atoms with E-state index in [9.17, 15) is 21.6 Å². The molecule has 3 rings (SSSR count). The van der Waals surface area contributed by atoms with Gasteiger partial charge in [0.05, 0.1) is 12.7 Å². The summed E-state index contributed by atoms with van der Waals surface area (Å²) in [5.41, 5.74) is 0. The van der Waals surface area contributed by atoms with Crippen molar-refractivity contribution in [3.05, 3.63) is 30.2 Å². The normalized spacial score (nSPS) is 23.5. The van der Waals surface area contributed by atoms with E-state index in [4.69, 9.17) is 14.6 Å². The van der Waals surface area contributed by atoms with Gasteiger partial charge in [-0.2, -0.15) is 17.5 Å². The van der Waals surface area contributed by atoms with Gasteiger partial charge in [-0.3, -0.25) is 4.90 Å². The van der Waals surface area contributed by atoms with Gasteiger partial charge in [-0.1, -0.05) is 12.1 Å². The minimum atomic E-state index is -5.08. The van der Waals surface area contributed by atoms with E-state index >= 15 is 0 Å². The Bertz CT molecular complexity index is 768. The smallest absolute Gasteiger partial charge is 0.475 e. The molecule has 0 aliphatic carbocycles. The second-order valence-electron chi connectivity index (χ2n) is 6.23. The minimum Gasteiger partial charge on any atom is -0.475 e. The first-order chi connectivity index (χ1) is 13.1. The third kappa shape index (κ3) is 5.77. The fourth-order valence-corrected chi connectivity index (χ4v) is 5.66. The molecule has 0 aromatic carbocycles. The number of hydrogen-bond acceptors (Lipinski definition) is 6. The number of carbonyl (C=O) groups is 1. The summed E-state index contributed by atoms with van der Waals surface area (Å²) in [6, 6.07) is 3.72. The molecule has 158 valence electrons. The Morgan fingerprint density at radius 2 is 2.07 bits per heavy atom. The molecule has 1 N–H and O–H groups in total. The van der Waals surface area contributed by atoms with E-state index in [1.54, 1.807) is 27.9 Å². The number of thiophene rings is 1. The number of nitrogens with zero attached hydrogens (tertiary/aromatic N) is 2. The Labute approximate surface area is 165 Å². The Hall–Kier alpha value is -1.47. The molecular weight excluding hydrogens is 421 g/mol. The Kier molecular flexibility index (Phi) is 7.62. The average molecular weight is 442 g/mol. The lowest BCUT2D eigenvalue weighted by Gasteiger charge is -2.36. The number of carboxylic acids is 1. The third-order valence-corrected chi connectivity index (χ3v) is 7.56. The van der Waals surface area contributed by atoms with Crippen LogP contribution in [-0.2, 0) is 19.6 Å². The average Bonchev–Trinajstić information content (AvgIpc) is 3.28. The van der Waals surface area contributed by atoms with Gasteiger partial charge in [0.2, 0.25) is 0 Å². The van der Waals surface area contributed by atoms with Crippen molar-refractivity contribution in [1.29, 1.82) is 0 Å². The van der Waals surface area contributed by atoms with E-state index in [-0.39, 0.29) is 12.1 Å². The SMILES string of the molecule is C=CCO[C@@H]1C[C@H]2CN(S(=O)(=O)c3cccs3)CCN2C1.O=C(O)C(F)(F)F. The number of sulfonamides is 1. The molecule has 1 aromatic rings. The summed E-state index contributed by atoms with van der Waals surface area (Å²) in [6.07, 6.45) is -2.24. The Morgan fingerprint density at radius 3 is 2.61 bits per heavy atom. The van der Waals surface area contributed by atoms with Gasteiger partial charge in [0.25, 0.3) is 10.0 Å². The van der Waals surface area contributed by atoms with Gasteiger partial charge < -0.3 is 9.84 Å². The quantitative estimate of drug-likeness (QED) is 0.703. The number of fused-ring (bicyclic) bond motifs is 1. The molecule has 2 aliphatic heterocycles. The van der Waals surface area contributed by atoms with Gasteiger partial charge in [-0.05, 0) is 17.9 Å². The summed E-state index contributed by atoms with van der Waals surface area (Å²) in [6.45, 7) is 7.02. The number of aliphatic carboxylic acids is 1. The number of ether oxygens (including phenoxy) is 1. The topological polar surface area (TPSA) is 87.2 Å². The fraction of sp³-hybridized carbons (Fsp3) is 0.562. The first kappa shape index (κ1) is 22.8. The molecule has 2 atom stereocenters. The van der Waals surface area contributed by atoms with E-state index < -0.39 is 22.2 Å². The first-order valence-corrected chi connectivity index (χ1v) is 10.7. The van der Waals surface area contributed by atoms with Gasteiger partial charge in [-0.15, -0.1) is 17.9 Å². The Morgan fingerprint density at radius 1 is 1.39 bits per heavy atom. The van der Waals surface area contributed by atoms with Crippen molar-refractivity contribution >= 4 is 27.3 Å². The summed E-state index contributed by atoms with van der Waals surface area (Å²) in [7, 11) is -3.32. The zero-order valence-corrected chi connectivity index (χ0v) is 16.5. The molecule has 28 heavy (non-hydrogen) atoms. The van der Waals surface area contributed by atoms with E-state index in [1.165, 1.54) is 11.3 Å². The molecule has 3 heterocycles. The summed E-state index contributed by atoms with van der Waals surface area (Å²) in [5.74, 6) is -2.76. The van der Waals surface area contributed by atoms with Gasteiger partial charge in [0, 0.05) is 32.2 Å². The second kappa shape index (κ2) is 9.35. The maximum absolute atomic E-state index is 12.6. The van der Waals surface area contributed by atoms with Crippen molar-refractivity contribution in [1.82, 2.24) is 9.21 Å². The van der Waals surface area contributed by atoms with Gasteiger partial charge >= 0.3 is 12.1 Å². The van der Waals surface area contributed by atoms with E-state index in [0.29, 0.717) is 23.9 Å². The number of alkyl halides is 3. The predicted molar refractivity (Wildman–Crippen MR) is 96.7 cm³/mol. The molecule has 0 unspecified atom stereocenters. The van der Waals surface area contributed by atoms with Crippen LogP contribution in [0.25, 0.3) is 0 Å². The van der Waals surface area contributed by atoms with Crippen molar-refractivity contribution in [2.24, 2.45) is 0 Å². The molecule has 1 aromatic heterocycles. The van der Waals surface area contributed by atoms with Crippen molar-refractivity contribution in [2.45, 2.75) is 29.0 Å². The van der Waals surface area contributed by atoms with Crippen LogP contribution in [-0.4, -0.2) is 79.8 Å². The molecule has 7 nitrogen and oxygen atoms in total. The molecule has 2 fully saturated rings. The molecule has 0 saturated carbocycles. The molecule has 0 spiro atoms. The highest BCUT2D eigenvalue weighted by atomic mass is 32.2. The number of piperazine rings is 1. The van der Waals surface area contributed by atoms with Crippen LogP contribution >= 0.6 is 11.3 Å². The van der Waals surface area contributed by atoms with Crippen molar-refractivity contribution < 1.29 is 36.2 Å². The van der Waals surface area contributed by atoms with Crippen molar-refractivity contribution in [2.75, 3.05) is 32.8 Å². The van der Waals surface area contributed by atoms with Crippen LogP contribution in [0.15, 0.2) is 34.4 Å². The Balaban J connectivity index is 0.000000345. The van der Waals surface area contributed by atoms with Crippen molar-refractivity contribution in [3.8, 4) is 0 Å². The first-order valence-electron chi connectivity index (χ1n) is 8.36. The maximum atomic E-state index is 12.6. The summed E-state index contributed by atoms with van der Waals surface area (Å²) >= 11 is 1.28. The molecular formula is C16H21F3N2O5S2. The van der Waals surface area contributed by atoms with Crippen LogP contribution < -0.4 is 0 Å². The van der Waals surface area contributed by atoms with E-state index in [1.807, 2.05) is 0 Å². The van der Waals surface area contributed by atoms with Crippen LogP contribution in [0.2, 0.25) is 0 Å². The lowest BCUT2D eigenvalue weighted by Crippen LogP contribution is -2.51. The van der Waals surface area contributed by atoms with Crippen molar-refractivity contribution in [3.63, 3.8) is 0 Å². The molecule has 0 bridgehead atoms. The molecule has 2 aliphatic rings. The standard InChI is InChI=1S/C14H20N2O3S2.C2HF3O2/c1-2-7-19-13-9-12-10-16(6-5-15(12)11-13)21(17,18)14-4-3-8-20-14;3-2(4,5)1(6)7/h2-4,8,12-13H,1,5-7,9-11H2;(H,6,7)/t12-,13+;/m0./s1. The third-order valence-electron chi connectivity index (χ3n) is 4.32. The molecule has 0 amide bonds. The van der Waals surface area contributed by atoms with Crippen LogP contribution in [0.3, 0.4) is 0 Å². The highest BCUT2D eigenvalue weighted by Gasteiger charge is 2.40. The number of halogens is 3. The lowest BCUT2D eigenvalue weighted by molar-refractivity contribution is -0.192. The summed E-state index contributed by atoms with van der Waals surface area (Å²) in [4.78, 5) is 11.2. The lowest BCUT2D eigenvalue weighted by atomic mass is 10.2. The zero-order chi connectivity index (χ0) is 20.9. The van der Waals surface area contributed by atoms with E-state index in [2.05, 4.69) is 11.5 Å². The predicted octanol–water partition coefficient (Wildman–Crippen LogP) is 2.03. The largest absolute Gasteiger partial charge is 0.490 e. The molecule has 12 heteroatoms. The number of hydrogen-bond donors (Lipinski definition) is 1. The zero-order valence-electron chi connectivity index (χ0n) is 14.8. The van der Waals surface area contributed by atoms with Gasteiger partial charge in [-0.25, -0.2) is 13.2 Å². The molecule has 2 saturated heterocycles. The van der Waals surface area contributed by atoms with E-state index in [0.717, 1.165) is 19.5 Å².